The van der Waals surface area contributed by atoms with Crippen molar-refractivity contribution >= 4 is 17.3 Å². The number of imidazole rings is 1. The first kappa shape index (κ1) is 18.3. The number of hydrogen-bond donors (Lipinski definition) is 3. The molecule has 2 heterocycles. The summed E-state index contributed by atoms with van der Waals surface area (Å²) in [6.45, 7) is 0. The molecule has 11 heteroatoms. The standard InChI is InChI=1S/C16H12F4N6O/c17-9-4-2-1-3-8(9)5-10-14-23-6-12(27)26(14)7-11(24-10)13(21)25-15(22)16(18,19)20/h1-4,6-7,27H,5H2,(H3,21,22,25). The zero-order valence-corrected chi connectivity index (χ0v) is 13.5. The van der Waals surface area contributed by atoms with Crippen molar-refractivity contribution in [2.45, 2.75) is 12.6 Å². The lowest BCUT2D eigenvalue weighted by Crippen LogP contribution is -2.32. The molecular formula is C16H12F4N6O. The quantitative estimate of drug-likeness (QED) is 0.368. The van der Waals surface area contributed by atoms with Gasteiger partial charge in [0.25, 0.3) is 0 Å². The molecule has 0 bridgehead atoms. The third-order valence-electron chi connectivity index (χ3n) is 3.62. The van der Waals surface area contributed by atoms with E-state index in [1.807, 2.05) is 0 Å². The van der Waals surface area contributed by atoms with Crippen LogP contribution < -0.4 is 5.73 Å². The summed E-state index contributed by atoms with van der Waals surface area (Å²) in [7, 11) is 0. The minimum Gasteiger partial charge on any atom is -0.493 e. The first-order valence-electron chi connectivity index (χ1n) is 7.46. The highest BCUT2D eigenvalue weighted by atomic mass is 19.4. The normalized spacial score (nSPS) is 12.5. The maximum Gasteiger partial charge on any atom is 0.449 e. The molecule has 3 rings (SSSR count). The molecule has 27 heavy (non-hydrogen) atoms. The second-order valence-corrected chi connectivity index (χ2v) is 5.49. The highest BCUT2D eigenvalue weighted by Gasteiger charge is 2.34. The molecule has 0 saturated heterocycles. The van der Waals surface area contributed by atoms with Crippen molar-refractivity contribution in [3.05, 3.63) is 59.4 Å². The Bertz CT molecular complexity index is 1060. The van der Waals surface area contributed by atoms with Gasteiger partial charge >= 0.3 is 6.18 Å². The number of nitrogens with one attached hydrogen (secondary N) is 1. The summed E-state index contributed by atoms with van der Waals surface area (Å²) in [6.07, 6.45) is -2.77. The summed E-state index contributed by atoms with van der Waals surface area (Å²) in [6, 6.07) is 5.87. The lowest BCUT2D eigenvalue weighted by Gasteiger charge is -2.09. The van der Waals surface area contributed by atoms with Crippen LogP contribution in [0.15, 0.2) is 41.7 Å². The van der Waals surface area contributed by atoms with Crippen LogP contribution in [0.3, 0.4) is 0 Å². The van der Waals surface area contributed by atoms with Gasteiger partial charge in [0, 0.05) is 12.6 Å². The lowest BCUT2D eigenvalue weighted by molar-refractivity contribution is -0.0597. The van der Waals surface area contributed by atoms with E-state index >= 15 is 0 Å². The molecule has 0 unspecified atom stereocenters. The predicted molar refractivity (Wildman–Crippen MR) is 88.4 cm³/mol. The zero-order chi connectivity index (χ0) is 19.8. The number of aromatic nitrogens is 3. The van der Waals surface area contributed by atoms with Crippen LogP contribution in [0.4, 0.5) is 17.6 Å². The summed E-state index contributed by atoms with van der Waals surface area (Å²) in [4.78, 5) is 11.0. The van der Waals surface area contributed by atoms with E-state index in [1.165, 1.54) is 18.2 Å². The summed E-state index contributed by atoms with van der Waals surface area (Å²) in [5, 5.41) is 17.6. The maximum atomic E-state index is 13.9. The van der Waals surface area contributed by atoms with Crippen LogP contribution in [0.5, 0.6) is 5.88 Å². The highest BCUT2D eigenvalue weighted by Crippen LogP contribution is 2.21. The fraction of sp³-hybridized carbons (Fsp3) is 0.125. The van der Waals surface area contributed by atoms with Gasteiger partial charge in [-0.15, -0.1) is 0 Å². The van der Waals surface area contributed by atoms with E-state index in [-0.39, 0.29) is 34.9 Å². The second-order valence-electron chi connectivity index (χ2n) is 5.49. The van der Waals surface area contributed by atoms with E-state index < -0.39 is 23.7 Å². The molecule has 0 aliphatic heterocycles. The van der Waals surface area contributed by atoms with Gasteiger partial charge in [0.1, 0.15) is 11.5 Å². The monoisotopic (exact) mass is 380 g/mol. The van der Waals surface area contributed by atoms with Crippen molar-refractivity contribution < 1.29 is 22.7 Å². The van der Waals surface area contributed by atoms with Gasteiger partial charge in [-0.05, 0) is 11.6 Å². The Balaban J connectivity index is 2.09. The Morgan fingerprint density at radius 1 is 1.30 bits per heavy atom. The van der Waals surface area contributed by atoms with Crippen molar-refractivity contribution in [1.29, 1.82) is 5.41 Å². The molecule has 0 atom stereocenters. The largest absolute Gasteiger partial charge is 0.493 e. The van der Waals surface area contributed by atoms with Gasteiger partial charge in [-0.1, -0.05) is 18.2 Å². The third-order valence-corrected chi connectivity index (χ3v) is 3.62. The summed E-state index contributed by atoms with van der Waals surface area (Å²) >= 11 is 0. The molecule has 140 valence electrons. The number of alkyl halides is 3. The maximum absolute atomic E-state index is 13.9. The molecule has 0 spiro atoms. The number of benzene rings is 1. The van der Waals surface area contributed by atoms with Gasteiger partial charge in [0.15, 0.2) is 11.5 Å². The predicted octanol–water partition coefficient (Wildman–Crippen LogP) is 2.41. The van der Waals surface area contributed by atoms with Gasteiger partial charge in [-0.25, -0.2) is 19.4 Å². The molecule has 0 saturated carbocycles. The molecule has 7 nitrogen and oxygen atoms in total. The van der Waals surface area contributed by atoms with Gasteiger partial charge in [-0.3, -0.25) is 9.81 Å². The topological polar surface area (TPSA) is 113 Å². The summed E-state index contributed by atoms with van der Waals surface area (Å²) in [5.41, 5.74) is 5.10. The number of amidine groups is 2. The van der Waals surface area contributed by atoms with E-state index in [2.05, 4.69) is 15.0 Å². The Morgan fingerprint density at radius 3 is 2.67 bits per heavy atom. The lowest BCUT2D eigenvalue weighted by atomic mass is 10.1. The van der Waals surface area contributed by atoms with Crippen LogP contribution >= 0.6 is 0 Å². The molecule has 1 aromatic carbocycles. The van der Waals surface area contributed by atoms with E-state index in [0.29, 0.717) is 0 Å². The van der Waals surface area contributed by atoms with Crippen molar-refractivity contribution in [3.63, 3.8) is 0 Å². The van der Waals surface area contributed by atoms with Crippen LogP contribution in [0.2, 0.25) is 0 Å². The van der Waals surface area contributed by atoms with Crippen LogP contribution in [0.25, 0.3) is 5.65 Å². The molecule has 0 fully saturated rings. The van der Waals surface area contributed by atoms with Crippen LogP contribution in [0, 0.1) is 11.2 Å². The molecule has 4 N–H and O–H groups in total. The number of aromatic hydroxyl groups is 1. The summed E-state index contributed by atoms with van der Waals surface area (Å²) < 4.78 is 52.7. The zero-order valence-electron chi connectivity index (χ0n) is 13.5. The number of rotatable bonds is 3. The molecule has 3 aromatic rings. The number of aliphatic imine (C=N–C) groups is 1. The van der Waals surface area contributed by atoms with Gasteiger partial charge in [0.05, 0.1) is 11.9 Å². The van der Waals surface area contributed by atoms with E-state index in [4.69, 9.17) is 11.1 Å². The van der Waals surface area contributed by atoms with E-state index in [9.17, 15) is 22.7 Å². The van der Waals surface area contributed by atoms with Crippen molar-refractivity contribution in [2.75, 3.05) is 0 Å². The molecule has 0 aliphatic rings. The second kappa shape index (κ2) is 6.67. The Kier molecular flexibility index (Phi) is 4.52. The number of fused-ring (bicyclic) bond motifs is 1. The van der Waals surface area contributed by atoms with Crippen LogP contribution in [-0.4, -0.2) is 37.3 Å². The Hall–Kier alpha value is -3.50. The molecular weight excluding hydrogens is 368 g/mol. The van der Waals surface area contributed by atoms with Gasteiger partial charge in [-0.2, -0.15) is 13.2 Å². The fourth-order valence-corrected chi connectivity index (χ4v) is 2.34. The average Bonchev–Trinajstić information content (AvgIpc) is 2.97. The third kappa shape index (κ3) is 3.71. The smallest absolute Gasteiger partial charge is 0.449 e. The molecule has 0 amide bonds. The number of nitrogens with zero attached hydrogens (tertiary/aromatic N) is 4. The van der Waals surface area contributed by atoms with E-state index in [1.54, 1.807) is 6.07 Å². The minimum absolute atomic E-state index is 0.0633. The Morgan fingerprint density at radius 2 is 2.00 bits per heavy atom. The van der Waals surface area contributed by atoms with Crippen LogP contribution in [-0.2, 0) is 6.42 Å². The van der Waals surface area contributed by atoms with Crippen molar-refractivity contribution in [2.24, 2.45) is 10.7 Å². The first-order chi connectivity index (χ1) is 12.7. The summed E-state index contributed by atoms with van der Waals surface area (Å²) in [5.74, 6) is -3.41. The average molecular weight is 380 g/mol. The highest BCUT2D eigenvalue weighted by molar-refractivity contribution is 6.04. The minimum atomic E-state index is -4.90. The van der Waals surface area contributed by atoms with Crippen molar-refractivity contribution in [1.82, 2.24) is 14.4 Å². The van der Waals surface area contributed by atoms with Crippen molar-refractivity contribution in [3.8, 4) is 5.88 Å². The SMILES string of the molecule is N=C(N=C(N)C(F)(F)F)c1cn2c(O)cnc2c(Cc2ccccc2F)n1. The number of nitrogens with two attached hydrogens (primary N) is 1. The first-order valence-corrected chi connectivity index (χ1v) is 7.46. The van der Waals surface area contributed by atoms with Gasteiger partial charge < -0.3 is 10.8 Å². The van der Waals surface area contributed by atoms with E-state index in [0.717, 1.165) is 16.8 Å². The molecule has 0 aliphatic carbocycles. The Labute approximate surface area is 149 Å². The molecule has 0 radical (unpaired) electrons. The number of hydrogen-bond acceptors (Lipinski definition) is 4. The molecule has 2 aromatic heterocycles. The van der Waals surface area contributed by atoms with Gasteiger partial charge in [0.2, 0.25) is 11.7 Å². The fourth-order valence-electron chi connectivity index (χ4n) is 2.34. The van der Waals surface area contributed by atoms with Crippen LogP contribution in [0.1, 0.15) is 17.0 Å². The number of halogens is 4.